The van der Waals surface area contributed by atoms with Crippen molar-refractivity contribution in [3.63, 3.8) is 0 Å². The summed E-state index contributed by atoms with van der Waals surface area (Å²) in [5.74, 6) is 1.37. The second-order valence-electron chi connectivity index (χ2n) is 4.75. The number of carbonyl (C=O) groups excluding carboxylic acids is 1. The molecule has 1 aliphatic rings. The number of nitrogens with one attached hydrogen (secondary N) is 1. The summed E-state index contributed by atoms with van der Waals surface area (Å²) < 4.78 is 10.5. The third-order valence-corrected chi connectivity index (χ3v) is 4.18. The standard InChI is InChI=1S/C15H16N2O3S/c1-17(7-6-12-3-2-8-21-12)15(18)16-11-4-5-13-14(9-11)20-10-19-13/h2-5,8-9H,6-7,10H2,1H3,(H,16,18). The molecule has 0 bridgehead atoms. The minimum Gasteiger partial charge on any atom is -0.454 e. The van der Waals surface area contributed by atoms with Crippen LogP contribution < -0.4 is 14.8 Å². The first-order valence-electron chi connectivity index (χ1n) is 6.66. The Morgan fingerprint density at radius 2 is 2.19 bits per heavy atom. The molecule has 0 aliphatic carbocycles. The molecule has 1 aliphatic heterocycles. The molecule has 2 amide bonds. The predicted octanol–water partition coefficient (Wildman–Crippen LogP) is 3.18. The van der Waals surface area contributed by atoms with Crippen molar-refractivity contribution in [2.24, 2.45) is 0 Å². The molecule has 0 saturated carbocycles. The smallest absolute Gasteiger partial charge is 0.321 e. The highest BCUT2D eigenvalue weighted by atomic mass is 32.1. The summed E-state index contributed by atoms with van der Waals surface area (Å²) in [5.41, 5.74) is 0.701. The van der Waals surface area contributed by atoms with E-state index in [1.54, 1.807) is 41.5 Å². The van der Waals surface area contributed by atoms with Crippen molar-refractivity contribution >= 4 is 23.1 Å². The lowest BCUT2D eigenvalue weighted by Gasteiger charge is -2.17. The number of urea groups is 1. The van der Waals surface area contributed by atoms with Crippen LogP contribution in [0, 0.1) is 0 Å². The Morgan fingerprint density at radius 1 is 1.33 bits per heavy atom. The molecule has 1 aromatic heterocycles. The topological polar surface area (TPSA) is 50.8 Å². The summed E-state index contributed by atoms with van der Waals surface area (Å²) in [4.78, 5) is 15.1. The van der Waals surface area contributed by atoms with Gasteiger partial charge in [-0.15, -0.1) is 11.3 Å². The molecule has 0 saturated heterocycles. The van der Waals surface area contributed by atoms with E-state index in [9.17, 15) is 4.79 Å². The normalized spacial score (nSPS) is 12.2. The maximum atomic E-state index is 12.1. The number of hydrogen-bond donors (Lipinski definition) is 1. The van der Waals surface area contributed by atoms with E-state index < -0.39 is 0 Å². The average molecular weight is 304 g/mol. The Balaban J connectivity index is 1.55. The van der Waals surface area contributed by atoms with Gasteiger partial charge in [-0.05, 0) is 30.0 Å². The van der Waals surface area contributed by atoms with Crippen molar-refractivity contribution in [3.05, 3.63) is 40.6 Å². The molecular formula is C15H16N2O3S. The first kappa shape index (κ1) is 13.8. The quantitative estimate of drug-likeness (QED) is 0.944. The number of nitrogens with zero attached hydrogens (tertiary/aromatic N) is 1. The molecule has 1 N–H and O–H groups in total. The van der Waals surface area contributed by atoms with Crippen LogP contribution in [0.25, 0.3) is 0 Å². The molecule has 2 aromatic rings. The van der Waals surface area contributed by atoms with Crippen LogP contribution in [0.2, 0.25) is 0 Å². The van der Waals surface area contributed by atoms with Gasteiger partial charge in [0.25, 0.3) is 0 Å². The van der Waals surface area contributed by atoms with Gasteiger partial charge in [0.1, 0.15) is 0 Å². The van der Waals surface area contributed by atoms with Crippen molar-refractivity contribution < 1.29 is 14.3 Å². The van der Waals surface area contributed by atoms with E-state index in [2.05, 4.69) is 11.4 Å². The Kier molecular flexibility index (Phi) is 3.96. The number of benzene rings is 1. The van der Waals surface area contributed by atoms with Crippen molar-refractivity contribution in [3.8, 4) is 11.5 Å². The molecule has 2 heterocycles. The van der Waals surface area contributed by atoms with Gasteiger partial charge in [-0.3, -0.25) is 0 Å². The van der Waals surface area contributed by atoms with E-state index in [1.165, 1.54) is 4.88 Å². The van der Waals surface area contributed by atoms with Gasteiger partial charge in [-0.1, -0.05) is 6.07 Å². The fourth-order valence-electron chi connectivity index (χ4n) is 2.03. The van der Waals surface area contributed by atoms with E-state index in [1.807, 2.05) is 11.4 Å². The van der Waals surface area contributed by atoms with Gasteiger partial charge < -0.3 is 19.7 Å². The molecule has 110 valence electrons. The first-order chi connectivity index (χ1) is 10.2. The van der Waals surface area contributed by atoms with Gasteiger partial charge >= 0.3 is 6.03 Å². The van der Waals surface area contributed by atoms with E-state index in [-0.39, 0.29) is 12.8 Å². The number of carbonyl (C=O) groups is 1. The molecule has 21 heavy (non-hydrogen) atoms. The molecule has 6 heteroatoms. The van der Waals surface area contributed by atoms with E-state index in [0.717, 1.165) is 6.42 Å². The zero-order valence-electron chi connectivity index (χ0n) is 11.7. The van der Waals surface area contributed by atoms with Crippen molar-refractivity contribution in [1.82, 2.24) is 4.90 Å². The Morgan fingerprint density at radius 3 is 3.00 bits per heavy atom. The number of thiophene rings is 1. The molecule has 5 nitrogen and oxygen atoms in total. The average Bonchev–Trinajstić information content (AvgIpc) is 3.15. The fourth-order valence-corrected chi connectivity index (χ4v) is 2.73. The highest BCUT2D eigenvalue weighted by Gasteiger charge is 2.15. The molecule has 0 radical (unpaired) electrons. The number of rotatable bonds is 4. The van der Waals surface area contributed by atoms with Crippen LogP contribution in [0.1, 0.15) is 4.88 Å². The largest absolute Gasteiger partial charge is 0.454 e. The number of ether oxygens (including phenoxy) is 2. The van der Waals surface area contributed by atoms with E-state index in [0.29, 0.717) is 23.7 Å². The fraction of sp³-hybridized carbons (Fsp3) is 0.267. The Hall–Kier alpha value is -2.21. The molecule has 0 unspecified atom stereocenters. The van der Waals surface area contributed by atoms with Gasteiger partial charge in [0.15, 0.2) is 11.5 Å². The number of likely N-dealkylation sites (N-methyl/N-ethyl adjacent to an activating group) is 1. The monoisotopic (exact) mass is 304 g/mol. The first-order valence-corrected chi connectivity index (χ1v) is 7.54. The highest BCUT2D eigenvalue weighted by molar-refractivity contribution is 7.09. The van der Waals surface area contributed by atoms with Gasteiger partial charge in [-0.2, -0.15) is 0 Å². The van der Waals surface area contributed by atoms with Gasteiger partial charge in [0.2, 0.25) is 6.79 Å². The summed E-state index contributed by atoms with van der Waals surface area (Å²) >= 11 is 1.71. The minimum atomic E-state index is -0.134. The van der Waals surface area contributed by atoms with Crippen molar-refractivity contribution in [2.75, 3.05) is 25.7 Å². The molecular weight excluding hydrogens is 288 g/mol. The van der Waals surface area contributed by atoms with Crippen LogP contribution in [-0.2, 0) is 6.42 Å². The summed E-state index contributed by atoms with van der Waals surface area (Å²) in [6.45, 7) is 0.907. The zero-order chi connectivity index (χ0) is 14.7. The Bertz CT molecular complexity index is 628. The van der Waals surface area contributed by atoms with Crippen LogP contribution in [0.4, 0.5) is 10.5 Å². The number of anilines is 1. The number of hydrogen-bond acceptors (Lipinski definition) is 4. The molecule has 0 atom stereocenters. The number of amides is 2. The lowest BCUT2D eigenvalue weighted by molar-refractivity contribution is 0.174. The SMILES string of the molecule is CN(CCc1cccs1)C(=O)Nc1ccc2c(c1)OCO2. The zero-order valence-corrected chi connectivity index (χ0v) is 12.5. The lowest BCUT2D eigenvalue weighted by atomic mass is 10.3. The maximum absolute atomic E-state index is 12.1. The minimum absolute atomic E-state index is 0.134. The summed E-state index contributed by atoms with van der Waals surface area (Å²) in [7, 11) is 1.79. The van der Waals surface area contributed by atoms with Crippen LogP contribution in [-0.4, -0.2) is 31.3 Å². The Labute approximate surface area is 127 Å². The molecule has 3 rings (SSSR count). The summed E-state index contributed by atoms with van der Waals surface area (Å²) in [5, 5.41) is 4.90. The highest BCUT2D eigenvalue weighted by Crippen LogP contribution is 2.34. The molecule has 0 spiro atoms. The van der Waals surface area contributed by atoms with Crippen LogP contribution in [0.3, 0.4) is 0 Å². The van der Waals surface area contributed by atoms with Gasteiger partial charge in [0.05, 0.1) is 0 Å². The van der Waals surface area contributed by atoms with Gasteiger partial charge in [0, 0.05) is 30.2 Å². The second kappa shape index (κ2) is 6.05. The molecule has 0 fully saturated rings. The number of fused-ring (bicyclic) bond motifs is 1. The lowest BCUT2D eigenvalue weighted by Crippen LogP contribution is -2.32. The second-order valence-corrected chi connectivity index (χ2v) is 5.78. The van der Waals surface area contributed by atoms with E-state index >= 15 is 0 Å². The third-order valence-electron chi connectivity index (χ3n) is 3.24. The predicted molar refractivity (Wildman–Crippen MR) is 82.2 cm³/mol. The van der Waals surface area contributed by atoms with Crippen molar-refractivity contribution in [1.29, 1.82) is 0 Å². The van der Waals surface area contributed by atoms with Crippen LogP contribution in [0.5, 0.6) is 11.5 Å². The summed E-state index contributed by atoms with van der Waals surface area (Å²) in [6.07, 6.45) is 0.864. The third kappa shape index (κ3) is 3.28. The van der Waals surface area contributed by atoms with E-state index in [4.69, 9.17) is 9.47 Å². The maximum Gasteiger partial charge on any atom is 0.321 e. The van der Waals surface area contributed by atoms with Crippen LogP contribution >= 0.6 is 11.3 Å². The van der Waals surface area contributed by atoms with Crippen LogP contribution in [0.15, 0.2) is 35.7 Å². The van der Waals surface area contributed by atoms with Gasteiger partial charge in [-0.25, -0.2) is 4.79 Å². The summed E-state index contributed by atoms with van der Waals surface area (Å²) in [6, 6.07) is 9.33. The molecule has 1 aromatic carbocycles. The van der Waals surface area contributed by atoms with Crippen molar-refractivity contribution in [2.45, 2.75) is 6.42 Å².